The lowest BCUT2D eigenvalue weighted by Crippen LogP contribution is -2.47. The first-order chi connectivity index (χ1) is 8.83. The molecule has 18 heavy (non-hydrogen) atoms. The molecular formula is C14H20N2O2. The van der Waals surface area contributed by atoms with Crippen LogP contribution in [0.1, 0.15) is 10.4 Å². The van der Waals surface area contributed by atoms with Crippen LogP contribution in [0.3, 0.4) is 0 Å². The Hall–Kier alpha value is -1.39. The summed E-state index contributed by atoms with van der Waals surface area (Å²) in [6.07, 6.45) is 0.881. The van der Waals surface area contributed by atoms with E-state index in [2.05, 4.69) is 9.80 Å². The summed E-state index contributed by atoms with van der Waals surface area (Å²) in [6, 6.07) is 7.79. The van der Waals surface area contributed by atoms with Gasteiger partial charge in [-0.25, -0.2) is 0 Å². The highest BCUT2D eigenvalue weighted by atomic mass is 16.5. The monoisotopic (exact) mass is 248 g/mol. The number of rotatable bonds is 5. The van der Waals surface area contributed by atoms with Crippen LogP contribution in [0, 0.1) is 0 Å². The van der Waals surface area contributed by atoms with E-state index in [9.17, 15) is 4.79 Å². The van der Waals surface area contributed by atoms with E-state index in [0.29, 0.717) is 0 Å². The van der Waals surface area contributed by atoms with Gasteiger partial charge in [-0.1, -0.05) is 0 Å². The summed E-state index contributed by atoms with van der Waals surface area (Å²) in [5.41, 5.74) is 1.93. The molecule has 0 N–H and O–H groups in total. The maximum Gasteiger partial charge on any atom is 0.150 e. The third-order valence-electron chi connectivity index (χ3n) is 3.38. The number of methoxy groups -OCH3 is 1. The zero-order valence-electron chi connectivity index (χ0n) is 10.8. The van der Waals surface area contributed by atoms with E-state index >= 15 is 0 Å². The number of anilines is 1. The highest BCUT2D eigenvalue weighted by Crippen LogP contribution is 2.16. The number of piperazine rings is 1. The molecule has 0 radical (unpaired) electrons. The molecule has 1 aromatic rings. The Bertz CT molecular complexity index is 370. The zero-order valence-corrected chi connectivity index (χ0v) is 10.8. The molecule has 0 bridgehead atoms. The van der Waals surface area contributed by atoms with Crippen molar-refractivity contribution in [3.63, 3.8) is 0 Å². The van der Waals surface area contributed by atoms with Crippen LogP contribution < -0.4 is 4.90 Å². The molecule has 4 heteroatoms. The van der Waals surface area contributed by atoms with Gasteiger partial charge in [0.15, 0.2) is 0 Å². The van der Waals surface area contributed by atoms with Gasteiger partial charge in [0.05, 0.1) is 6.61 Å². The third-order valence-corrected chi connectivity index (χ3v) is 3.38. The first kappa shape index (κ1) is 13.1. The average Bonchev–Trinajstić information content (AvgIpc) is 2.46. The normalized spacial score (nSPS) is 16.8. The van der Waals surface area contributed by atoms with Gasteiger partial charge in [0.25, 0.3) is 0 Å². The molecule has 1 aliphatic heterocycles. The molecule has 0 aliphatic carbocycles. The number of hydrogen-bond acceptors (Lipinski definition) is 4. The summed E-state index contributed by atoms with van der Waals surface area (Å²) in [7, 11) is 1.74. The second kappa shape index (κ2) is 6.52. The molecule has 1 heterocycles. The van der Waals surface area contributed by atoms with Crippen LogP contribution in [0.2, 0.25) is 0 Å². The molecule has 4 nitrogen and oxygen atoms in total. The number of benzene rings is 1. The van der Waals surface area contributed by atoms with E-state index in [1.54, 1.807) is 7.11 Å². The fourth-order valence-electron chi connectivity index (χ4n) is 2.21. The Kier molecular flexibility index (Phi) is 4.73. The number of nitrogens with zero attached hydrogens (tertiary/aromatic N) is 2. The summed E-state index contributed by atoms with van der Waals surface area (Å²) in [5.74, 6) is 0. The molecule has 0 amide bonds. The summed E-state index contributed by atoms with van der Waals surface area (Å²) in [5, 5.41) is 0. The fraction of sp³-hybridized carbons (Fsp3) is 0.500. The third kappa shape index (κ3) is 3.31. The van der Waals surface area contributed by atoms with E-state index in [0.717, 1.165) is 51.2 Å². The van der Waals surface area contributed by atoms with Gasteiger partial charge < -0.3 is 9.64 Å². The van der Waals surface area contributed by atoms with Gasteiger partial charge in [-0.15, -0.1) is 0 Å². The van der Waals surface area contributed by atoms with Crippen LogP contribution in [0.5, 0.6) is 0 Å². The second-order valence-electron chi connectivity index (χ2n) is 4.53. The van der Waals surface area contributed by atoms with Crippen molar-refractivity contribution in [3.05, 3.63) is 29.8 Å². The molecule has 0 unspecified atom stereocenters. The lowest BCUT2D eigenvalue weighted by Gasteiger charge is -2.36. The molecular weight excluding hydrogens is 228 g/mol. The maximum absolute atomic E-state index is 10.6. The van der Waals surface area contributed by atoms with Crippen molar-refractivity contribution in [1.29, 1.82) is 0 Å². The van der Waals surface area contributed by atoms with Crippen LogP contribution in [-0.2, 0) is 4.74 Å². The van der Waals surface area contributed by atoms with Crippen molar-refractivity contribution in [1.82, 2.24) is 4.90 Å². The molecule has 1 aliphatic rings. The lowest BCUT2D eigenvalue weighted by atomic mass is 10.2. The number of ether oxygens (including phenoxy) is 1. The Balaban J connectivity index is 1.86. The highest BCUT2D eigenvalue weighted by Gasteiger charge is 2.16. The summed E-state index contributed by atoms with van der Waals surface area (Å²) in [6.45, 7) is 6.01. The average molecular weight is 248 g/mol. The Labute approximate surface area is 108 Å². The molecule has 1 fully saturated rings. The predicted molar refractivity (Wildman–Crippen MR) is 72.4 cm³/mol. The molecule has 98 valence electrons. The van der Waals surface area contributed by atoms with E-state index < -0.39 is 0 Å². The van der Waals surface area contributed by atoms with Crippen molar-refractivity contribution in [2.45, 2.75) is 0 Å². The molecule has 1 aromatic carbocycles. The minimum atomic E-state index is 0.734. The van der Waals surface area contributed by atoms with Crippen LogP contribution in [0.4, 0.5) is 5.69 Å². The van der Waals surface area contributed by atoms with Gasteiger partial charge in [0, 0.05) is 51.1 Å². The molecule has 1 saturated heterocycles. The number of hydrogen-bond donors (Lipinski definition) is 0. The first-order valence-electron chi connectivity index (χ1n) is 6.35. The Morgan fingerprint density at radius 1 is 1.17 bits per heavy atom. The fourth-order valence-corrected chi connectivity index (χ4v) is 2.21. The van der Waals surface area contributed by atoms with Crippen LogP contribution in [-0.4, -0.2) is 57.6 Å². The second-order valence-corrected chi connectivity index (χ2v) is 4.53. The number of carbonyl (C=O) groups is 1. The minimum absolute atomic E-state index is 0.734. The molecule has 0 saturated carbocycles. The zero-order chi connectivity index (χ0) is 12.8. The van der Waals surface area contributed by atoms with Crippen LogP contribution in [0.25, 0.3) is 0 Å². The van der Waals surface area contributed by atoms with Crippen molar-refractivity contribution in [3.8, 4) is 0 Å². The number of aldehydes is 1. The molecule has 0 spiro atoms. The topological polar surface area (TPSA) is 32.8 Å². The summed E-state index contributed by atoms with van der Waals surface area (Å²) < 4.78 is 5.09. The minimum Gasteiger partial charge on any atom is -0.383 e. The van der Waals surface area contributed by atoms with Crippen molar-refractivity contribution in [2.24, 2.45) is 0 Å². The van der Waals surface area contributed by atoms with Crippen LogP contribution in [0.15, 0.2) is 24.3 Å². The smallest absolute Gasteiger partial charge is 0.150 e. The number of carbonyl (C=O) groups excluding carboxylic acids is 1. The van der Waals surface area contributed by atoms with E-state index in [4.69, 9.17) is 4.74 Å². The quantitative estimate of drug-likeness (QED) is 0.735. The van der Waals surface area contributed by atoms with Crippen molar-refractivity contribution in [2.75, 3.05) is 51.3 Å². The van der Waals surface area contributed by atoms with E-state index in [1.165, 1.54) is 5.69 Å². The predicted octanol–water partition coefficient (Wildman–Crippen LogP) is 1.27. The molecule has 2 rings (SSSR count). The first-order valence-corrected chi connectivity index (χ1v) is 6.35. The van der Waals surface area contributed by atoms with Gasteiger partial charge in [-0.3, -0.25) is 9.69 Å². The van der Waals surface area contributed by atoms with E-state index in [1.807, 2.05) is 24.3 Å². The lowest BCUT2D eigenvalue weighted by molar-refractivity contribution is 0.112. The van der Waals surface area contributed by atoms with Gasteiger partial charge in [0.2, 0.25) is 0 Å². The van der Waals surface area contributed by atoms with Crippen molar-refractivity contribution < 1.29 is 9.53 Å². The highest BCUT2D eigenvalue weighted by molar-refractivity contribution is 5.75. The van der Waals surface area contributed by atoms with Gasteiger partial charge in [0.1, 0.15) is 6.29 Å². The standard InChI is InChI=1S/C14H20N2O2/c1-18-11-10-15-6-8-16(9-7-15)14-4-2-13(12-17)3-5-14/h2-5,12H,6-11H2,1H3. The van der Waals surface area contributed by atoms with Crippen molar-refractivity contribution >= 4 is 12.0 Å². The van der Waals surface area contributed by atoms with Gasteiger partial charge in [-0.05, 0) is 24.3 Å². The Morgan fingerprint density at radius 2 is 1.83 bits per heavy atom. The van der Waals surface area contributed by atoms with E-state index in [-0.39, 0.29) is 0 Å². The van der Waals surface area contributed by atoms with Gasteiger partial charge in [-0.2, -0.15) is 0 Å². The Morgan fingerprint density at radius 3 is 2.39 bits per heavy atom. The summed E-state index contributed by atoms with van der Waals surface area (Å²) in [4.78, 5) is 15.4. The largest absolute Gasteiger partial charge is 0.383 e. The van der Waals surface area contributed by atoms with Gasteiger partial charge >= 0.3 is 0 Å². The molecule has 0 atom stereocenters. The summed E-state index contributed by atoms with van der Waals surface area (Å²) >= 11 is 0. The maximum atomic E-state index is 10.6. The molecule has 0 aromatic heterocycles. The van der Waals surface area contributed by atoms with Crippen LogP contribution >= 0.6 is 0 Å². The SMILES string of the molecule is COCCN1CCN(c2ccc(C=O)cc2)CC1.